The number of rotatable bonds is 10. The lowest BCUT2D eigenvalue weighted by atomic mass is 10.1. The van der Waals surface area contributed by atoms with E-state index in [9.17, 15) is 15.4 Å². The van der Waals surface area contributed by atoms with E-state index in [0.29, 0.717) is 24.5 Å². The van der Waals surface area contributed by atoms with Crippen molar-refractivity contribution in [1.82, 2.24) is 4.37 Å². The molecule has 7 nitrogen and oxygen atoms in total. The van der Waals surface area contributed by atoms with Crippen LogP contribution in [0, 0.1) is 21.4 Å². The smallest absolute Gasteiger partial charge is 0.269 e. The Kier molecular flexibility index (Phi) is 7.65. The van der Waals surface area contributed by atoms with Gasteiger partial charge < -0.3 is 9.47 Å². The third-order valence-electron chi connectivity index (χ3n) is 4.21. The van der Waals surface area contributed by atoms with E-state index in [1.807, 2.05) is 30.5 Å². The lowest BCUT2D eigenvalue weighted by Crippen LogP contribution is -2.02. The zero-order valence-electron chi connectivity index (χ0n) is 16.2. The van der Waals surface area contributed by atoms with Crippen LogP contribution in [0.3, 0.4) is 0 Å². The average molecular weight is 442 g/mol. The van der Waals surface area contributed by atoms with Gasteiger partial charge in [-0.2, -0.15) is 9.64 Å². The van der Waals surface area contributed by atoms with E-state index in [4.69, 9.17) is 9.47 Å². The van der Waals surface area contributed by atoms with Gasteiger partial charge in [0.25, 0.3) is 5.69 Å². The summed E-state index contributed by atoms with van der Waals surface area (Å²) in [5, 5.41) is 20.8. The van der Waals surface area contributed by atoms with Gasteiger partial charge in [0.2, 0.25) is 0 Å². The molecule has 0 saturated carbocycles. The van der Waals surface area contributed by atoms with Crippen molar-refractivity contribution in [2.45, 2.75) is 17.9 Å². The minimum Gasteiger partial charge on any atom is -0.494 e. The number of nitro groups is 1. The minimum absolute atomic E-state index is 0.0469. The van der Waals surface area contributed by atoms with E-state index in [0.717, 1.165) is 34.1 Å². The molecular weight excluding hydrogens is 422 g/mol. The largest absolute Gasteiger partial charge is 0.494 e. The zero-order chi connectivity index (χ0) is 21.3. The summed E-state index contributed by atoms with van der Waals surface area (Å²) in [7, 11) is 0. The molecule has 0 saturated heterocycles. The van der Waals surface area contributed by atoms with Crippen LogP contribution in [0.4, 0.5) is 5.69 Å². The number of nitrogens with zero attached hydrogens (tertiary/aromatic N) is 3. The molecule has 0 N–H and O–H groups in total. The number of hydrogen-bond donors (Lipinski definition) is 0. The first-order chi connectivity index (χ1) is 14.6. The van der Waals surface area contributed by atoms with Crippen molar-refractivity contribution in [3.8, 4) is 28.0 Å². The van der Waals surface area contributed by atoms with Crippen LogP contribution in [0.15, 0.2) is 53.6 Å². The van der Waals surface area contributed by atoms with Crippen molar-refractivity contribution in [3.05, 3.63) is 64.2 Å². The first kappa shape index (κ1) is 21.6. The van der Waals surface area contributed by atoms with Crippen LogP contribution < -0.4 is 9.47 Å². The van der Waals surface area contributed by atoms with Gasteiger partial charge in [0.15, 0.2) is 0 Å². The summed E-state index contributed by atoms with van der Waals surface area (Å²) in [6, 6.07) is 15.9. The van der Waals surface area contributed by atoms with E-state index in [1.54, 1.807) is 12.1 Å². The average Bonchev–Trinajstić information content (AvgIpc) is 3.20. The molecule has 1 heterocycles. The Labute approximate surface area is 182 Å². The van der Waals surface area contributed by atoms with Gasteiger partial charge in [-0.15, -0.1) is 11.8 Å². The molecule has 9 heteroatoms. The fourth-order valence-electron chi connectivity index (χ4n) is 2.66. The molecule has 0 aliphatic rings. The van der Waals surface area contributed by atoms with Crippen LogP contribution in [-0.2, 0) is 0 Å². The standard InChI is InChI=1S/C21H19N3O4S2/c1-29-21-19(14-22)20(30-23-21)15-4-8-17(9-5-15)27-12-2-3-13-28-18-10-6-16(7-11-18)24(25)26/h4-11H,2-3,12-13H2,1H3. The molecule has 0 bridgehead atoms. The van der Waals surface area contributed by atoms with Gasteiger partial charge >= 0.3 is 0 Å². The number of unbranched alkanes of at least 4 members (excludes halogenated alkanes) is 1. The number of thioether (sulfide) groups is 1. The summed E-state index contributed by atoms with van der Waals surface area (Å²) < 4.78 is 15.7. The quantitative estimate of drug-likeness (QED) is 0.176. The molecule has 0 radical (unpaired) electrons. The second-order valence-electron chi connectivity index (χ2n) is 6.19. The lowest BCUT2D eigenvalue weighted by Gasteiger charge is -2.08. The van der Waals surface area contributed by atoms with E-state index in [-0.39, 0.29) is 5.69 Å². The number of aromatic nitrogens is 1. The molecule has 0 spiro atoms. The molecule has 0 atom stereocenters. The summed E-state index contributed by atoms with van der Waals surface area (Å²) in [5.41, 5.74) is 1.62. The molecule has 3 rings (SSSR count). The zero-order valence-corrected chi connectivity index (χ0v) is 17.9. The number of benzene rings is 2. The van der Waals surface area contributed by atoms with E-state index < -0.39 is 4.92 Å². The first-order valence-corrected chi connectivity index (χ1v) is 11.2. The van der Waals surface area contributed by atoms with Crippen LogP contribution in [0.5, 0.6) is 11.5 Å². The Hall–Kier alpha value is -3.09. The molecule has 2 aromatic carbocycles. The summed E-state index contributed by atoms with van der Waals surface area (Å²) in [6.45, 7) is 1.07. The molecule has 0 aliphatic carbocycles. The SMILES string of the molecule is CSc1nsc(-c2ccc(OCCCCOc3ccc([N+](=O)[O-])cc3)cc2)c1C#N. The van der Waals surface area contributed by atoms with Crippen molar-refractivity contribution in [2.75, 3.05) is 19.5 Å². The predicted molar refractivity (Wildman–Crippen MR) is 117 cm³/mol. The highest BCUT2D eigenvalue weighted by molar-refractivity contribution is 7.98. The van der Waals surface area contributed by atoms with Gasteiger partial charge in [-0.25, -0.2) is 0 Å². The second-order valence-corrected chi connectivity index (χ2v) is 7.76. The van der Waals surface area contributed by atoms with E-state index in [2.05, 4.69) is 10.4 Å². The number of ether oxygens (including phenoxy) is 2. The molecule has 154 valence electrons. The molecule has 0 unspecified atom stereocenters. The highest BCUT2D eigenvalue weighted by Gasteiger charge is 2.14. The molecule has 0 amide bonds. The van der Waals surface area contributed by atoms with Gasteiger partial charge in [0, 0.05) is 12.1 Å². The van der Waals surface area contributed by atoms with Gasteiger partial charge in [-0.3, -0.25) is 10.1 Å². The van der Waals surface area contributed by atoms with Crippen LogP contribution in [0.2, 0.25) is 0 Å². The second kappa shape index (κ2) is 10.6. The first-order valence-electron chi connectivity index (χ1n) is 9.16. The number of nitro benzene ring substituents is 1. The normalized spacial score (nSPS) is 10.4. The topological polar surface area (TPSA) is 98.3 Å². The van der Waals surface area contributed by atoms with Gasteiger partial charge in [0.05, 0.1) is 23.0 Å². The van der Waals surface area contributed by atoms with Crippen LogP contribution in [-0.4, -0.2) is 28.8 Å². The van der Waals surface area contributed by atoms with Crippen molar-refractivity contribution >= 4 is 29.0 Å². The van der Waals surface area contributed by atoms with E-state index in [1.165, 1.54) is 35.4 Å². The molecule has 0 fully saturated rings. The lowest BCUT2D eigenvalue weighted by molar-refractivity contribution is -0.384. The van der Waals surface area contributed by atoms with Crippen LogP contribution in [0.1, 0.15) is 18.4 Å². The number of nitriles is 1. The molecule has 3 aromatic rings. The Morgan fingerprint density at radius 3 is 2.13 bits per heavy atom. The highest BCUT2D eigenvalue weighted by atomic mass is 32.2. The molecule has 30 heavy (non-hydrogen) atoms. The van der Waals surface area contributed by atoms with Crippen molar-refractivity contribution in [3.63, 3.8) is 0 Å². The van der Waals surface area contributed by atoms with Crippen molar-refractivity contribution in [1.29, 1.82) is 5.26 Å². The summed E-state index contributed by atoms with van der Waals surface area (Å²) in [4.78, 5) is 11.1. The molecule has 1 aromatic heterocycles. The maximum Gasteiger partial charge on any atom is 0.269 e. The predicted octanol–water partition coefficient (Wildman–Crippen LogP) is 5.55. The fourth-order valence-corrected chi connectivity index (χ4v) is 4.23. The summed E-state index contributed by atoms with van der Waals surface area (Å²) in [5.74, 6) is 1.38. The fraction of sp³-hybridized carbons (Fsp3) is 0.238. The number of non-ortho nitro benzene ring substituents is 1. The monoisotopic (exact) mass is 441 g/mol. The Morgan fingerprint density at radius 2 is 1.63 bits per heavy atom. The number of hydrogen-bond acceptors (Lipinski definition) is 8. The third-order valence-corrected chi connectivity index (χ3v) is 5.90. The Bertz CT molecular complexity index is 1030. The summed E-state index contributed by atoms with van der Waals surface area (Å²) >= 11 is 2.80. The Balaban J connectivity index is 1.41. The van der Waals surface area contributed by atoms with Crippen molar-refractivity contribution in [2.24, 2.45) is 0 Å². The summed E-state index contributed by atoms with van der Waals surface area (Å²) in [6.07, 6.45) is 3.53. The Morgan fingerprint density at radius 1 is 1.07 bits per heavy atom. The molecular formula is C21H19N3O4S2. The maximum atomic E-state index is 10.6. The maximum absolute atomic E-state index is 10.6. The van der Waals surface area contributed by atoms with Gasteiger partial charge in [-0.05, 0) is 72.6 Å². The van der Waals surface area contributed by atoms with Gasteiger partial charge in [-0.1, -0.05) is 0 Å². The minimum atomic E-state index is -0.436. The van der Waals surface area contributed by atoms with Crippen LogP contribution in [0.25, 0.3) is 10.4 Å². The van der Waals surface area contributed by atoms with Gasteiger partial charge in [0.1, 0.15) is 28.2 Å². The highest BCUT2D eigenvalue weighted by Crippen LogP contribution is 2.34. The van der Waals surface area contributed by atoms with E-state index >= 15 is 0 Å². The third kappa shape index (κ3) is 5.49. The van der Waals surface area contributed by atoms with Crippen molar-refractivity contribution < 1.29 is 14.4 Å². The van der Waals surface area contributed by atoms with Crippen LogP contribution >= 0.6 is 23.3 Å². The molecule has 0 aliphatic heterocycles.